The zero-order valence-electron chi connectivity index (χ0n) is 32.1. The van der Waals surface area contributed by atoms with E-state index in [-0.39, 0.29) is 61.6 Å². The number of fused-ring (bicyclic) bond motifs is 1. The van der Waals surface area contributed by atoms with Crippen molar-refractivity contribution in [3.8, 4) is 17.1 Å². The molecule has 5 N–H and O–H groups in total. The van der Waals surface area contributed by atoms with Gasteiger partial charge in [-0.2, -0.15) is 5.10 Å². The molecule has 3 aliphatic rings. The van der Waals surface area contributed by atoms with Gasteiger partial charge in [-0.3, -0.25) is 24.5 Å². The Labute approximate surface area is 341 Å². The second-order valence-electron chi connectivity index (χ2n) is 14.6. The van der Waals surface area contributed by atoms with Crippen LogP contribution in [0.15, 0.2) is 77.7 Å². The molecule has 5 heterocycles. The van der Waals surface area contributed by atoms with Crippen LogP contribution in [0.4, 0.5) is 25.1 Å². The molecule has 8 rings (SSSR count). The quantitative estimate of drug-likeness (QED) is 0.0676. The van der Waals surface area contributed by atoms with Gasteiger partial charge in [-0.05, 0) is 72.2 Å². The van der Waals surface area contributed by atoms with Crippen molar-refractivity contribution in [1.29, 1.82) is 0 Å². The Morgan fingerprint density at radius 2 is 1.82 bits per heavy atom. The van der Waals surface area contributed by atoms with Gasteiger partial charge in [-0.1, -0.05) is 24.3 Å². The highest BCUT2D eigenvalue weighted by Gasteiger charge is 2.39. The summed E-state index contributed by atoms with van der Waals surface area (Å²) in [6.45, 7) is 2.08. The lowest BCUT2D eigenvalue weighted by Crippen LogP contribution is -2.52. The van der Waals surface area contributed by atoms with Gasteiger partial charge in [0.05, 0.1) is 17.6 Å². The number of benzene rings is 2. The fraction of sp³-hybridized carbons (Fsp3) is 0.317. The van der Waals surface area contributed by atoms with E-state index >= 15 is 0 Å². The summed E-state index contributed by atoms with van der Waals surface area (Å²) in [5.41, 5.74) is 3.04. The standard InChI is InChI=1S/C41H40F2N10O7/c42-36(43)35-30(48-37(55)31-22-60-39(49-31)26-11-12-45-33(16-26)46-18-24-1-2-24)21-53(51-35)28-6-3-23(4-7-28)17-44-13-14-59-41(58)47-19-25-5-8-29-27(15-25)20-52(40(29)57)32-9-10-34(54)50-38(32)56/h3-8,11-12,15-16,21-22,24,32,36,44H,1-2,9-10,13-14,17-20H2,(H,45,46)(H,47,58)(H,48,55)(H,50,54,56). The molecule has 0 bridgehead atoms. The van der Waals surface area contributed by atoms with Crippen LogP contribution in [0.5, 0.6) is 0 Å². The second kappa shape index (κ2) is 17.5. The number of alkyl carbamates (subject to hydrolysis) is 1. The lowest BCUT2D eigenvalue weighted by Gasteiger charge is -2.29. The van der Waals surface area contributed by atoms with Crippen LogP contribution in [0.25, 0.3) is 17.1 Å². The van der Waals surface area contributed by atoms with Crippen LogP contribution < -0.4 is 26.6 Å². The van der Waals surface area contributed by atoms with Crippen molar-refractivity contribution in [3.05, 3.63) is 107 Å². The molecule has 1 saturated carbocycles. The third-order valence-corrected chi connectivity index (χ3v) is 10.3. The second-order valence-corrected chi connectivity index (χ2v) is 14.6. The Morgan fingerprint density at radius 3 is 2.60 bits per heavy atom. The maximum atomic E-state index is 14.0. The first-order valence-electron chi connectivity index (χ1n) is 19.4. The van der Waals surface area contributed by atoms with E-state index < -0.39 is 36.1 Å². The van der Waals surface area contributed by atoms with E-state index in [1.807, 2.05) is 0 Å². The van der Waals surface area contributed by atoms with Crippen molar-refractivity contribution in [2.75, 3.05) is 30.3 Å². The first kappa shape index (κ1) is 39.8. The Balaban J connectivity index is 0.773. The number of alkyl halides is 2. The molecule has 2 fully saturated rings. The average Bonchev–Trinajstić information content (AvgIpc) is 3.60. The predicted molar refractivity (Wildman–Crippen MR) is 210 cm³/mol. The van der Waals surface area contributed by atoms with Gasteiger partial charge in [0.25, 0.3) is 18.2 Å². The third-order valence-electron chi connectivity index (χ3n) is 10.3. The SMILES string of the molecule is O=C1CCC(N2Cc3cc(CNC(=O)OCCNCc4ccc(-n5cc(NC(=O)c6coc(-c7ccnc(NCC8CC8)c7)n6)c(C(F)F)n5)cc4)ccc3C2=O)C(=O)N1. The van der Waals surface area contributed by atoms with E-state index in [0.29, 0.717) is 41.6 Å². The minimum absolute atomic E-state index is 0.0832. The van der Waals surface area contributed by atoms with Crippen LogP contribution in [0.3, 0.4) is 0 Å². The van der Waals surface area contributed by atoms with Crippen LogP contribution in [0, 0.1) is 5.92 Å². The number of piperidine rings is 1. The number of hydrogen-bond donors (Lipinski definition) is 5. The number of pyridine rings is 1. The fourth-order valence-electron chi connectivity index (χ4n) is 6.88. The van der Waals surface area contributed by atoms with Gasteiger partial charge in [-0.25, -0.2) is 28.2 Å². The molecular weight excluding hydrogens is 783 g/mol. The highest BCUT2D eigenvalue weighted by atomic mass is 19.3. The molecule has 3 aromatic heterocycles. The summed E-state index contributed by atoms with van der Waals surface area (Å²) >= 11 is 0. The minimum Gasteiger partial charge on any atom is -0.448 e. The minimum atomic E-state index is -2.97. The van der Waals surface area contributed by atoms with Gasteiger partial charge in [0.2, 0.25) is 17.7 Å². The van der Waals surface area contributed by atoms with Crippen LogP contribution in [0.1, 0.15) is 75.3 Å². The highest BCUT2D eigenvalue weighted by molar-refractivity contribution is 6.05. The number of aromatic nitrogens is 4. The summed E-state index contributed by atoms with van der Waals surface area (Å²) in [7, 11) is 0. The third kappa shape index (κ3) is 9.31. The summed E-state index contributed by atoms with van der Waals surface area (Å²) in [5.74, 6) is -0.348. The average molecular weight is 823 g/mol. The summed E-state index contributed by atoms with van der Waals surface area (Å²) in [6, 6.07) is 14.9. The van der Waals surface area contributed by atoms with Gasteiger partial charge in [0.1, 0.15) is 24.7 Å². The van der Waals surface area contributed by atoms with Gasteiger partial charge >= 0.3 is 6.09 Å². The number of imide groups is 1. The zero-order valence-corrected chi connectivity index (χ0v) is 32.1. The predicted octanol–water partition coefficient (Wildman–Crippen LogP) is 4.71. The van der Waals surface area contributed by atoms with Crippen molar-refractivity contribution < 1.29 is 41.9 Å². The van der Waals surface area contributed by atoms with Gasteiger partial charge in [0.15, 0.2) is 11.4 Å². The van der Waals surface area contributed by atoms with Crippen LogP contribution in [0.2, 0.25) is 0 Å². The number of rotatable bonds is 16. The fourth-order valence-corrected chi connectivity index (χ4v) is 6.88. The lowest BCUT2D eigenvalue weighted by molar-refractivity contribution is -0.136. The van der Waals surface area contributed by atoms with Crippen molar-refractivity contribution >= 4 is 41.2 Å². The summed E-state index contributed by atoms with van der Waals surface area (Å²) in [5, 5.41) is 17.9. The first-order chi connectivity index (χ1) is 29.1. The molecule has 5 aromatic rings. The molecule has 5 amide bonds. The number of ether oxygens (including phenoxy) is 1. The number of anilines is 2. The van der Waals surface area contributed by atoms with Crippen LogP contribution >= 0.6 is 0 Å². The molecule has 2 aliphatic heterocycles. The number of carbonyl (C=O) groups excluding carboxylic acids is 5. The number of oxazole rings is 1. The smallest absolute Gasteiger partial charge is 0.407 e. The lowest BCUT2D eigenvalue weighted by atomic mass is 10.0. The largest absolute Gasteiger partial charge is 0.448 e. The first-order valence-corrected chi connectivity index (χ1v) is 19.4. The zero-order chi connectivity index (χ0) is 41.8. The van der Waals surface area contributed by atoms with Crippen molar-refractivity contribution in [2.45, 2.75) is 57.8 Å². The number of amides is 5. The van der Waals surface area contributed by atoms with E-state index in [4.69, 9.17) is 9.15 Å². The van der Waals surface area contributed by atoms with Crippen molar-refractivity contribution in [1.82, 2.24) is 40.6 Å². The molecule has 1 unspecified atom stereocenters. The Kier molecular flexibility index (Phi) is 11.6. The van der Waals surface area contributed by atoms with E-state index in [2.05, 4.69) is 41.7 Å². The van der Waals surface area contributed by atoms with E-state index in [0.717, 1.165) is 29.5 Å². The van der Waals surface area contributed by atoms with Gasteiger partial charge in [-0.15, -0.1) is 0 Å². The molecule has 1 saturated heterocycles. The van der Waals surface area contributed by atoms with Crippen molar-refractivity contribution in [2.24, 2.45) is 5.92 Å². The number of nitrogens with one attached hydrogen (secondary N) is 5. The summed E-state index contributed by atoms with van der Waals surface area (Å²) in [4.78, 5) is 72.2. The number of halogens is 2. The molecule has 19 heteroatoms. The van der Waals surface area contributed by atoms with Crippen LogP contribution in [-0.2, 0) is 34.0 Å². The van der Waals surface area contributed by atoms with E-state index in [1.54, 1.807) is 60.8 Å². The summed E-state index contributed by atoms with van der Waals surface area (Å²) in [6.07, 6.45) is 3.31. The molecule has 17 nitrogen and oxygen atoms in total. The highest BCUT2D eigenvalue weighted by Crippen LogP contribution is 2.31. The number of hydrogen-bond acceptors (Lipinski definition) is 12. The van der Waals surface area contributed by atoms with Gasteiger partial charge in [0, 0.05) is 56.5 Å². The molecule has 60 heavy (non-hydrogen) atoms. The molecule has 1 atom stereocenters. The van der Waals surface area contributed by atoms with E-state index in [1.165, 1.54) is 28.6 Å². The molecule has 2 aromatic carbocycles. The molecule has 1 aliphatic carbocycles. The number of carbonyl (C=O) groups is 5. The topological polar surface area (TPSA) is 215 Å². The monoisotopic (exact) mass is 822 g/mol. The Hall–Kier alpha value is -7.02. The van der Waals surface area contributed by atoms with Crippen LogP contribution in [-0.4, -0.2) is 80.1 Å². The summed E-state index contributed by atoms with van der Waals surface area (Å²) < 4.78 is 40.1. The van der Waals surface area contributed by atoms with Gasteiger partial charge < -0.3 is 35.3 Å². The molecule has 0 radical (unpaired) electrons. The molecule has 0 spiro atoms. The molecule has 310 valence electrons. The molecular formula is C41H40F2N10O7. The maximum absolute atomic E-state index is 14.0. The van der Waals surface area contributed by atoms with E-state index in [9.17, 15) is 32.8 Å². The maximum Gasteiger partial charge on any atom is 0.407 e. The van der Waals surface area contributed by atoms with Crippen molar-refractivity contribution in [3.63, 3.8) is 0 Å². The Morgan fingerprint density at radius 1 is 1.00 bits per heavy atom. The number of nitrogens with zero attached hydrogens (tertiary/aromatic N) is 5. The normalized spacial score (nSPS) is 16.1. The Bertz CT molecular complexity index is 2430.